The first kappa shape index (κ1) is 15.2. The Kier molecular flexibility index (Phi) is 3.58. The first-order valence-corrected chi connectivity index (χ1v) is 8.55. The van der Waals surface area contributed by atoms with Crippen LogP contribution in [0.25, 0.3) is 0 Å². The van der Waals surface area contributed by atoms with Crippen LogP contribution in [0.15, 0.2) is 24.4 Å². The lowest BCUT2D eigenvalue weighted by Crippen LogP contribution is -2.71. The molecule has 4 heterocycles. The van der Waals surface area contributed by atoms with E-state index >= 15 is 0 Å². The van der Waals surface area contributed by atoms with E-state index in [2.05, 4.69) is 15.2 Å². The molecule has 0 bridgehead atoms. The number of amides is 3. The summed E-state index contributed by atoms with van der Waals surface area (Å²) in [6.07, 6.45) is 3.73. The van der Waals surface area contributed by atoms with Gasteiger partial charge in [-0.3, -0.25) is 4.79 Å². The van der Waals surface area contributed by atoms with Gasteiger partial charge in [0, 0.05) is 46.0 Å². The molecule has 3 saturated heterocycles. The second-order valence-corrected chi connectivity index (χ2v) is 7.11. The van der Waals surface area contributed by atoms with Gasteiger partial charge in [-0.2, -0.15) is 0 Å². The number of likely N-dealkylation sites (N-methyl/N-ethyl adjacent to an activating group) is 1. The van der Waals surface area contributed by atoms with Crippen molar-refractivity contribution < 1.29 is 9.59 Å². The first-order chi connectivity index (χ1) is 11.6. The number of nitrogens with one attached hydrogen (secondary N) is 1. The van der Waals surface area contributed by atoms with Gasteiger partial charge >= 0.3 is 6.03 Å². The Balaban J connectivity index is 1.38. The lowest BCUT2D eigenvalue weighted by Gasteiger charge is -2.51. The number of pyridine rings is 1. The van der Waals surface area contributed by atoms with Gasteiger partial charge < -0.3 is 20.0 Å². The summed E-state index contributed by atoms with van der Waals surface area (Å²) in [5.74, 6) is 1.18. The Morgan fingerprint density at radius 3 is 2.88 bits per heavy atom. The molecule has 128 valence electrons. The fourth-order valence-electron chi connectivity index (χ4n) is 4.02. The highest BCUT2D eigenvalue weighted by Gasteiger charge is 2.54. The first-order valence-electron chi connectivity index (χ1n) is 8.55. The molecule has 1 aromatic heterocycles. The summed E-state index contributed by atoms with van der Waals surface area (Å²) in [6, 6.07) is 5.84. The number of piperidine rings is 1. The maximum atomic E-state index is 12.8. The zero-order valence-electron chi connectivity index (χ0n) is 13.9. The van der Waals surface area contributed by atoms with Gasteiger partial charge in [0.1, 0.15) is 5.82 Å². The molecular formula is C17H23N5O2. The maximum absolute atomic E-state index is 12.8. The van der Waals surface area contributed by atoms with Crippen LogP contribution in [-0.2, 0) is 4.79 Å². The maximum Gasteiger partial charge on any atom is 0.317 e. The molecule has 1 spiro atoms. The molecule has 0 radical (unpaired) electrons. The van der Waals surface area contributed by atoms with E-state index in [0.29, 0.717) is 19.6 Å². The minimum absolute atomic E-state index is 0.0217. The Morgan fingerprint density at radius 2 is 2.21 bits per heavy atom. The highest BCUT2D eigenvalue weighted by atomic mass is 16.2. The molecule has 0 saturated carbocycles. The molecule has 0 aromatic carbocycles. The van der Waals surface area contributed by atoms with Gasteiger partial charge in [0.15, 0.2) is 0 Å². The van der Waals surface area contributed by atoms with Crippen LogP contribution in [0.4, 0.5) is 10.6 Å². The van der Waals surface area contributed by atoms with Crippen LogP contribution in [0.1, 0.15) is 12.8 Å². The van der Waals surface area contributed by atoms with E-state index in [9.17, 15) is 9.59 Å². The van der Waals surface area contributed by atoms with Crippen LogP contribution in [0.5, 0.6) is 0 Å². The minimum atomic E-state index is -0.192. The fourth-order valence-corrected chi connectivity index (χ4v) is 4.02. The lowest BCUT2D eigenvalue weighted by atomic mass is 9.86. The van der Waals surface area contributed by atoms with Crippen molar-refractivity contribution in [2.75, 3.05) is 44.7 Å². The normalized spacial score (nSPS) is 25.6. The van der Waals surface area contributed by atoms with Gasteiger partial charge in [-0.05, 0) is 25.0 Å². The molecule has 1 N–H and O–H groups in total. The largest absolute Gasteiger partial charge is 0.356 e. The highest BCUT2D eigenvalue weighted by Crippen LogP contribution is 2.32. The summed E-state index contributed by atoms with van der Waals surface area (Å²) in [5, 5.41) is 2.86. The molecule has 7 heteroatoms. The number of hydrogen-bond donors (Lipinski definition) is 1. The quantitative estimate of drug-likeness (QED) is 0.860. The molecule has 3 fully saturated rings. The van der Waals surface area contributed by atoms with Crippen molar-refractivity contribution in [1.29, 1.82) is 0 Å². The van der Waals surface area contributed by atoms with Gasteiger partial charge in [-0.1, -0.05) is 6.07 Å². The molecule has 1 aromatic rings. The molecular weight excluding hydrogens is 306 g/mol. The summed E-state index contributed by atoms with van der Waals surface area (Å²) >= 11 is 0. The van der Waals surface area contributed by atoms with Crippen LogP contribution in [0.3, 0.4) is 0 Å². The number of likely N-dealkylation sites (tertiary alicyclic amines) is 1. The summed E-state index contributed by atoms with van der Waals surface area (Å²) < 4.78 is 0. The number of rotatable bonds is 2. The Labute approximate surface area is 141 Å². The Bertz CT molecular complexity index is 644. The van der Waals surface area contributed by atoms with Crippen molar-refractivity contribution in [3.63, 3.8) is 0 Å². The van der Waals surface area contributed by atoms with Crippen LogP contribution in [0.2, 0.25) is 0 Å². The molecule has 3 aliphatic rings. The molecule has 3 aliphatic heterocycles. The predicted octanol–water partition coefficient (Wildman–Crippen LogP) is 0.534. The van der Waals surface area contributed by atoms with E-state index < -0.39 is 0 Å². The number of nitrogens with zero attached hydrogens (tertiary/aromatic N) is 4. The van der Waals surface area contributed by atoms with E-state index in [1.54, 1.807) is 11.1 Å². The smallest absolute Gasteiger partial charge is 0.317 e. The third kappa shape index (κ3) is 2.39. The number of carbonyl (C=O) groups excluding carboxylic acids is 2. The number of aromatic nitrogens is 1. The van der Waals surface area contributed by atoms with Crippen molar-refractivity contribution in [2.45, 2.75) is 18.4 Å². The van der Waals surface area contributed by atoms with Gasteiger partial charge in [-0.25, -0.2) is 9.78 Å². The zero-order valence-corrected chi connectivity index (χ0v) is 13.9. The lowest BCUT2D eigenvalue weighted by molar-refractivity contribution is -0.146. The number of anilines is 1. The van der Waals surface area contributed by atoms with Crippen molar-refractivity contribution in [3.05, 3.63) is 24.4 Å². The highest BCUT2D eigenvalue weighted by molar-refractivity contribution is 5.83. The van der Waals surface area contributed by atoms with Crippen LogP contribution in [0, 0.1) is 5.92 Å². The molecule has 24 heavy (non-hydrogen) atoms. The number of carbonyl (C=O) groups is 2. The molecule has 3 amide bonds. The van der Waals surface area contributed by atoms with Crippen molar-refractivity contribution in [2.24, 2.45) is 5.92 Å². The molecule has 4 rings (SSSR count). The number of hydrogen-bond acceptors (Lipinski definition) is 4. The Morgan fingerprint density at radius 1 is 1.38 bits per heavy atom. The molecule has 0 aliphatic carbocycles. The second-order valence-electron chi connectivity index (χ2n) is 7.11. The van der Waals surface area contributed by atoms with E-state index in [1.165, 1.54) is 0 Å². The van der Waals surface area contributed by atoms with Crippen molar-refractivity contribution in [3.8, 4) is 0 Å². The number of urea groups is 1. The van der Waals surface area contributed by atoms with E-state index in [1.807, 2.05) is 30.1 Å². The van der Waals surface area contributed by atoms with Gasteiger partial charge in [0.25, 0.3) is 0 Å². The monoisotopic (exact) mass is 329 g/mol. The third-order valence-electron chi connectivity index (χ3n) is 5.61. The van der Waals surface area contributed by atoms with Gasteiger partial charge in [0.05, 0.1) is 11.5 Å². The fraction of sp³-hybridized carbons (Fsp3) is 0.588. The Hall–Kier alpha value is -2.31. The van der Waals surface area contributed by atoms with Crippen molar-refractivity contribution >= 4 is 17.8 Å². The SMILES string of the molecule is CN1C(=O)NCC12CN(C(=O)C1CCCN(c3ccccn3)C1)C2. The predicted molar refractivity (Wildman–Crippen MR) is 89.6 cm³/mol. The van der Waals surface area contributed by atoms with Crippen molar-refractivity contribution in [1.82, 2.24) is 20.1 Å². The molecule has 1 atom stereocenters. The third-order valence-corrected chi connectivity index (χ3v) is 5.61. The standard InChI is InChI=1S/C17H23N5O2/c1-20-16(24)19-10-17(20)11-22(12-17)15(23)13-5-4-8-21(9-13)14-6-2-3-7-18-14/h2-3,6-7,13H,4-5,8-12H2,1H3,(H,19,24). The summed E-state index contributed by atoms with van der Waals surface area (Å²) in [5.41, 5.74) is -0.192. The average Bonchev–Trinajstić information content (AvgIpc) is 2.90. The van der Waals surface area contributed by atoms with Crippen LogP contribution in [-0.4, -0.2) is 72.0 Å². The van der Waals surface area contributed by atoms with Crippen LogP contribution < -0.4 is 10.2 Å². The van der Waals surface area contributed by atoms with Gasteiger partial charge in [0.2, 0.25) is 5.91 Å². The topological polar surface area (TPSA) is 68.8 Å². The van der Waals surface area contributed by atoms with Gasteiger partial charge in [-0.15, -0.1) is 0 Å². The summed E-state index contributed by atoms with van der Waals surface area (Å²) in [7, 11) is 1.81. The van der Waals surface area contributed by atoms with Crippen LogP contribution >= 0.6 is 0 Å². The molecule has 7 nitrogen and oxygen atoms in total. The summed E-state index contributed by atoms with van der Waals surface area (Å²) in [6.45, 7) is 3.59. The zero-order chi connectivity index (χ0) is 16.7. The van der Waals surface area contributed by atoms with E-state index in [0.717, 1.165) is 31.7 Å². The average molecular weight is 329 g/mol. The van der Waals surface area contributed by atoms with E-state index in [4.69, 9.17) is 0 Å². The second kappa shape index (κ2) is 5.65. The van der Waals surface area contributed by atoms with E-state index in [-0.39, 0.29) is 23.4 Å². The minimum Gasteiger partial charge on any atom is -0.356 e. The molecule has 1 unspecified atom stereocenters. The summed E-state index contributed by atoms with van der Waals surface area (Å²) in [4.78, 5) is 34.8.